The summed E-state index contributed by atoms with van der Waals surface area (Å²) in [5, 5.41) is 11.7. The van der Waals surface area contributed by atoms with Crippen LogP contribution in [0.15, 0.2) is 18.2 Å². The maximum absolute atomic E-state index is 12.8. The van der Waals surface area contributed by atoms with Crippen molar-refractivity contribution in [2.75, 3.05) is 11.9 Å². The van der Waals surface area contributed by atoms with Crippen molar-refractivity contribution in [3.8, 4) is 6.07 Å². The number of anilines is 1. The Kier molecular flexibility index (Phi) is 3.21. The number of alkyl halides is 3. The first-order valence-corrected chi connectivity index (χ1v) is 6.09. The zero-order chi connectivity index (χ0) is 14.3. The van der Waals surface area contributed by atoms with Crippen molar-refractivity contribution in [1.29, 1.82) is 5.26 Å². The molecule has 0 saturated heterocycles. The Labute approximate surface area is 110 Å². The van der Waals surface area contributed by atoms with Gasteiger partial charge in [0.1, 0.15) is 0 Å². The second kappa shape index (κ2) is 4.44. The van der Waals surface area contributed by atoms with E-state index in [0.29, 0.717) is 18.2 Å². The molecule has 102 valence electrons. The summed E-state index contributed by atoms with van der Waals surface area (Å²) < 4.78 is 38.3. The molecule has 5 heteroatoms. The lowest BCUT2D eigenvalue weighted by molar-refractivity contribution is -0.137. The highest BCUT2D eigenvalue weighted by atomic mass is 19.4. The molecule has 1 aliphatic carbocycles. The number of nitrogens with one attached hydrogen (secondary N) is 1. The molecule has 19 heavy (non-hydrogen) atoms. The lowest BCUT2D eigenvalue weighted by Gasteiger charge is -2.12. The largest absolute Gasteiger partial charge is 0.417 e. The van der Waals surface area contributed by atoms with Crippen LogP contribution in [0, 0.1) is 22.7 Å². The summed E-state index contributed by atoms with van der Waals surface area (Å²) in [6.07, 6.45) is -3.41. The zero-order valence-electron chi connectivity index (χ0n) is 10.8. The first kappa shape index (κ1) is 13.7. The molecule has 0 radical (unpaired) electrons. The lowest BCUT2D eigenvalue weighted by atomic mass is 10.1. The van der Waals surface area contributed by atoms with Crippen LogP contribution in [0.3, 0.4) is 0 Å². The smallest absolute Gasteiger partial charge is 0.385 e. The molecule has 0 aliphatic heterocycles. The number of hydrogen-bond acceptors (Lipinski definition) is 2. The Balaban J connectivity index is 2.13. The van der Waals surface area contributed by atoms with Gasteiger partial charge >= 0.3 is 6.18 Å². The molecule has 1 N–H and O–H groups in total. The van der Waals surface area contributed by atoms with Gasteiger partial charge in [-0.2, -0.15) is 18.4 Å². The highest BCUT2D eigenvalue weighted by Crippen LogP contribution is 2.51. The van der Waals surface area contributed by atoms with E-state index in [4.69, 9.17) is 5.26 Å². The van der Waals surface area contributed by atoms with E-state index in [2.05, 4.69) is 19.2 Å². The molecular formula is C14H15F3N2. The van der Waals surface area contributed by atoms with E-state index in [1.54, 1.807) is 6.07 Å². The van der Waals surface area contributed by atoms with Crippen LogP contribution in [0.25, 0.3) is 0 Å². The van der Waals surface area contributed by atoms with Gasteiger partial charge in [0, 0.05) is 12.2 Å². The molecule has 1 saturated carbocycles. The van der Waals surface area contributed by atoms with Crippen molar-refractivity contribution < 1.29 is 13.2 Å². The summed E-state index contributed by atoms with van der Waals surface area (Å²) in [5.74, 6) is 0.498. The molecule has 1 aliphatic rings. The third-order valence-electron chi connectivity index (χ3n) is 3.72. The third kappa shape index (κ3) is 3.01. The van der Waals surface area contributed by atoms with Crippen LogP contribution in [-0.4, -0.2) is 6.54 Å². The minimum Gasteiger partial charge on any atom is -0.385 e. The molecular weight excluding hydrogens is 253 g/mol. The minimum atomic E-state index is -4.50. The van der Waals surface area contributed by atoms with Crippen LogP contribution in [0.1, 0.15) is 31.4 Å². The summed E-state index contributed by atoms with van der Waals surface area (Å²) in [4.78, 5) is 0. The van der Waals surface area contributed by atoms with Gasteiger partial charge in [-0.25, -0.2) is 0 Å². The normalized spacial score (nSPS) is 20.7. The standard InChI is InChI=1S/C14H15F3N2/c1-13(2)6-10(13)8-19-11-4-3-9(7-18)12(5-11)14(15,16)17/h3-5,10,19H,6,8H2,1-2H3. The van der Waals surface area contributed by atoms with Gasteiger partial charge in [0.2, 0.25) is 0 Å². The number of nitriles is 1. The van der Waals surface area contributed by atoms with Gasteiger partial charge in [-0.15, -0.1) is 0 Å². The fourth-order valence-corrected chi connectivity index (χ4v) is 2.15. The molecule has 2 nitrogen and oxygen atoms in total. The molecule has 2 rings (SSSR count). The molecule has 1 unspecified atom stereocenters. The topological polar surface area (TPSA) is 35.8 Å². The zero-order valence-corrected chi connectivity index (χ0v) is 10.8. The fraction of sp³-hybridized carbons (Fsp3) is 0.500. The summed E-state index contributed by atoms with van der Waals surface area (Å²) >= 11 is 0. The molecule has 0 amide bonds. The lowest BCUT2D eigenvalue weighted by Crippen LogP contribution is -2.11. The van der Waals surface area contributed by atoms with Crippen molar-refractivity contribution >= 4 is 5.69 Å². The van der Waals surface area contributed by atoms with Crippen molar-refractivity contribution in [1.82, 2.24) is 0 Å². The SMILES string of the molecule is CC1(C)CC1CNc1ccc(C#N)c(C(F)(F)F)c1. The van der Waals surface area contributed by atoms with E-state index < -0.39 is 11.7 Å². The average molecular weight is 268 g/mol. The number of benzene rings is 1. The second-order valence-electron chi connectivity index (χ2n) is 5.64. The quantitative estimate of drug-likeness (QED) is 0.898. The van der Waals surface area contributed by atoms with E-state index in [0.717, 1.165) is 12.5 Å². The Bertz CT molecular complexity index is 526. The molecule has 1 aromatic carbocycles. The van der Waals surface area contributed by atoms with E-state index >= 15 is 0 Å². The van der Waals surface area contributed by atoms with Crippen LogP contribution in [0.2, 0.25) is 0 Å². The molecule has 1 atom stereocenters. The summed E-state index contributed by atoms with van der Waals surface area (Å²) in [6, 6.07) is 5.31. The molecule has 0 spiro atoms. The van der Waals surface area contributed by atoms with Gasteiger partial charge in [-0.05, 0) is 36.0 Å². The predicted octanol–water partition coefficient (Wildman–Crippen LogP) is 4.04. The van der Waals surface area contributed by atoms with Gasteiger partial charge in [0.05, 0.1) is 17.2 Å². The molecule has 0 bridgehead atoms. The minimum absolute atomic E-state index is 0.284. The second-order valence-corrected chi connectivity index (χ2v) is 5.64. The summed E-state index contributed by atoms with van der Waals surface area (Å²) in [5.41, 5.74) is -0.527. The maximum Gasteiger partial charge on any atom is 0.417 e. The molecule has 0 aromatic heterocycles. The van der Waals surface area contributed by atoms with Crippen molar-refractivity contribution in [2.45, 2.75) is 26.4 Å². The average Bonchev–Trinajstić information content (AvgIpc) is 2.93. The van der Waals surface area contributed by atoms with Gasteiger partial charge < -0.3 is 5.32 Å². The van der Waals surface area contributed by atoms with E-state index in [1.165, 1.54) is 12.1 Å². The highest BCUT2D eigenvalue weighted by Gasteiger charge is 2.45. The Morgan fingerprint density at radius 1 is 1.42 bits per heavy atom. The van der Waals surface area contributed by atoms with E-state index in [-0.39, 0.29) is 11.0 Å². The van der Waals surface area contributed by atoms with Gasteiger partial charge in [0.15, 0.2) is 0 Å². The first-order chi connectivity index (χ1) is 8.74. The van der Waals surface area contributed by atoms with Crippen LogP contribution in [0.5, 0.6) is 0 Å². The van der Waals surface area contributed by atoms with Crippen LogP contribution >= 0.6 is 0 Å². The molecule has 1 aromatic rings. The van der Waals surface area contributed by atoms with Crippen LogP contribution < -0.4 is 5.32 Å². The van der Waals surface area contributed by atoms with E-state index in [9.17, 15) is 13.2 Å². The number of rotatable bonds is 3. The Hall–Kier alpha value is -1.70. The number of hydrogen-bond donors (Lipinski definition) is 1. The first-order valence-electron chi connectivity index (χ1n) is 6.09. The number of halogens is 3. The van der Waals surface area contributed by atoms with Crippen molar-refractivity contribution in [2.24, 2.45) is 11.3 Å². The Morgan fingerprint density at radius 3 is 2.53 bits per heavy atom. The Morgan fingerprint density at radius 2 is 2.05 bits per heavy atom. The summed E-state index contributed by atoms with van der Waals surface area (Å²) in [7, 11) is 0. The molecule has 1 fully saturated rings. The maximum atomic E-state index is 12.8. The fourth-order valence-electron chi connectivity index (χ4n) is 2.15. The van der Waals surface area contributed by atoms with E-state index in [1.807, 2.05) is 0 Å². The number of nitrogens with zero attached hydrogens (tertiary/aromatic N) is 1. The third-order valence-corrected chi connectivity index (χ3v) is 3.72. The van der Waals surface area contributed by atoms with Crippen molar-refractivity contribution in [3.63, 3.8) is 0 Å². The summed E-state index contributed by atoms with van der Waals surface area (Å²) in [6.45, 7) is 4.94. The predicted molar refractivity (Wildman–Crippen MR) is 66.5 cm³/mol. The van der Waals surface area contributed by atoms with Crippen molar-refractivity contribution in [3.05, 3.63) is 29.3 Å². The van der Waals surface area contributed by atoms with Crippen LogP contribution in [-0.2, 0) is 6.18 Å². The highest BCUT2D eigenvalue weighted by molar-refractivity contribution is 5.53. The molecule has 0 heterocycles. The van der Waals surface area contributed by atoms with Gasteiger partial charge in [-0.3, -0.25) is 0 Å². The van der Waals surface area contributed by atoms with Gasteiger partial charge in [-0.1, -0.05) is 13.8 Å². The van der Waals surface area contributed by atoms with Gasteiger partial charge in [0.25, 0.3) is 0 Å². The monoisotopic (exact) mass is 268 g/mol. The van der Waals surface area contributed by atoms with Crippen LogP contribution in [0.4, 0.5) is 18.9 Å².